The maximum Gasteiger partial charge on any atom is 0.274 e. The number of aromatic nitrogens is 2. The first-order chi connectivity index (χ1) is 8.18. The number of hydrogen-bond acceptors (Lipinski definition) is 5. The zero-order chi connectivity index (χ0) is 12.3. The molecule has 0 bridgehead atoms. The van der Waals surface area contributed by atoms with Gasteiger partial charge in [-0.3, -0.25) is 4.79 Å². The summed E-state index contributed by atoms with van der Waals surface area (Å²) in [6.07, 6.45) is 1.56. The first-order valence-corrected chi connectivity index (χ1v) is 5.96. The van der Waals surface area contributed by atoms with Crippen molar-refractivity contribution in [3.8, 4) is 0 Å². The van der Waals surface area contributed by atoms with Crippen LogP contribution in [0.1, 0.15) is 16.2 Å². The highest BCUT2D eigenvalue weighted by Gasteiger charge is 2.16. The molecule has 6 heteroatoms. The molecule has 0 unspecified atom stereocenters. The van der Waals surface area contributed by atoms with E-state index in [1.807, 2.05) is 5.38 Å². The normalized spacial score (nSPS) is 10.2. The molecule has 0 aliphatic carbocycles. The van der Waals surface area contributed by atoms with E-state index in [0.717, 1.165) is 5.69 Å². The van der Waals surface area contributed by atoms with Gasteiger partial charge in [-0.05, 0) is 12.1 Å². The van der Waals surface area contributed by atoms with Crippen LogP contribution in [0.4, 0.5) is 5.69 Å². The Kier molecular flexibility index (Phi) is 3.34. The summed E-state index contributed by atoms with van der Waals surface area (Å²) in [5.74, 6) is -0.198. The third-order valence-corrected chi connectivity index (χ3v) is 2.91. The van der Waals surface area contributed by atoms with Crippen LogP contribution in [0, 0.1) is 0 Å². The van der Waals surface area contributed by atoms with Crippen LogP contribution in [0.3, 0.4) is 0 Å². The van der Waals surface area contributed by atoms with Crippen LogP contribution in [0.25, 0.3) is 0 Å². The molecule has 0 aromatic carbocycles. The molecule has 0 saturated heterocycles. The van der Waals surface area contributed by atoms with Gasteiger partial charge in [-0.1, -0.05) is 0 Å². The SMILES string of the molecule is CN(Cc1cscn1)C(=O)c1ncccc1N. The third kappa shape index (κ3) is 2.59. The highest BCUT2D eigenvalue weighted by molar-refractivity contribution is 7.07. The topological polar surface area (TPSA) is 72.1 Å². The Balaban J connectivity index is 2.13. The van der Waals surface area contributed by atoms with Crippen LogP contribution in [-0.4, -0.2) is 27.8 Å². The Bertz CT molecular complexity index is 512. The number of pyridine rings is 1. The van der Waals surface area contributed by atoms with Gasteiger partial charge in [0.2, 0.25) is 0 Å². The summed E-state index contributed by atoms with van der Waals surface area (Å²) < 4.78 is 0. The predicted octanol–water partition coefficient (Wildman–Crippen LogP) is 1.39. The van der Waals surface area contributed by atoms with Gasteiger partial charge in [0.15, 0.2) is 5.69 Å². The number of carbonyl (C=O) groups is 1. The summed E-state index contributed by atoms with van der Waals surface area (Å²) in [5, 5.41) is 1.91. The molecule has 0 radical (unpaired) electrons. The molecule has 0 aliphatic rings. The Morgan fingerprint density at radius 3 is 3.00 bits per heavy atom. The number of thiazole rings is 1. The van der Waals surface area contributed by atoms with Crippen molar-refractivity contribution in [1.82, 2.24) is 14.9 Å². The standard InChI is InChI=1S/C11H12N4OS/c1-15(5-8-6-17-7-14-8)11(16)10-9(12)3-2-4-13-10/h2-4,6-7H,5,12H2,1H3. The number of hydrogen-bond donors (Lipinski definition) is 1. The molecular formula is C11H12N4OS. The molecule has 0 aliphatic heterocycles. The van der Waals surface area contributed by atoms with Gasteiger partial charge in [0.05, 0.1) is 23.4 Å². The summed E-state index contributed by atoms with van der Waals surface area (Å²) in [4.78, 5) is 21.7. The summed E-state index contributed by atoms with van der Waals surface area (Å²) in [5.41, 5.74) is 8.98. The van der Waals surface area contributed by atoms with Gasteiger partial charge in [0.1, 0.15) is 0 Å². The van der Waals surface area contributed by atoms with Gasteiger partial charge in [-0.2, -0.15) is 0 Å². The van der Waals surface area contributed by atoms with E-state index in [1.165, 1.54) is 11.3 Å². The average Bonchev–Trinajstić information content (AvgIpc) is 2.81. The summed E-state index contributed by atoms with van der Waals surface area (Å²) in [7, 11) is 1.70. The second-order valence-electron chi connectivity index (χ2n) is 3.58. The molecule has 2 N–H and O–H groups in total. The smallest absolute Gasteiger partial charge is 0.274 e. The first kappa shape index (κ1) is 11.5. The average molecular weight is 248 g/mol. The van der Waals surface area contributed by atoms with Crippen molar-refractivity contribution in [1.29, 1.82) is 0 Å². The van der Waals surface area contributed by atoms with Gasteiger partial charge in [0, 0.05) is 18.6 Å². The minimum atomic E-state index is -0.198. The van der Waals surface area contributed by atoms with E-state index in [0.29, 0.717) is 12.2 Å². The summed E-state index contributed by atoms with van der Waals surface area (Å²) in [6, 6.07) is 3.36. The Morgan fingerprint density at radius 2 is 2.35 bits per heavy atom. The van der Waals surface area contributed by atoms with E-state index in [2.05, 4.69) is 9.97 Å². The van der Waals surface area contributed by atoms with Crippen molar-refractivity contribution in [2.75, 3.05) is 12.8 Å². The first-order valence-electron chi connectivity index (χ1n) is 5.01. The highest BCUT2D eigenvalue weighted by Crippen LogP contribution is 2.12. The fraction of sp³-hybridized carbons (Fsp3) is 0.182. The van der Waals surface area contributed by atoms with Crippen molar-refractivity contribution in [3.63, 3.8) is 0 Å². The second kappa shape index (κ2) is 4.92. The minimum absolute atomic E-state index is 0.198. The fourth-order valence-electron chi connectivity index (χ4n) is 1.41. The summed E-state index contributed by atoms with van der Waals surface area (Å²) in [6.45, 7) is 0.457. The maximum absolute atomic E-state index is 12.1. The Morgan fingerprint density at radius 1 is 1.53 bits per heavy atom. The van der Waals surface area contributed by atoms with Crippen LogP contribution < -0.4 is 5.73 Å². The Hall–Kier alpha value is -1.95. The number of amides is 1. The molecule has 0 saturated carbocycles. The van der Waals surface area contributed by atoms with Gasteiger partial charge in [-0.15, -0.1) is 11.3 Å². The van der Waals surface area contributed by atoms with Crippen LogP contribution in [0.5, 0.6) is 0 Å². The van der Waals surface area contributed by atoms with Gasteiger partial charge in [-0.25, -0.2) is 9.97 Å². The lowest BCUT2D eigenvalue weighted by molar-refractivity contribution is 0.0779. The molecule has 2 aromatic rings. The van der Waals surface area contributed by atoms with Crippen molar-refractivity contribution < 1.29 is 4.79 Å². The van der Waals surface area contributed by atoms with Crippen LogP contribution in [-0.2, 0) is 6.54 Å². The molecule has 2 rings (SSSR count). The van der Waals surface area contributed by atoms with E-state index in [4.69, 9.17) is 5.73 Å². The lowest BCUT2D eigenvalue weighted by atomic mass is 10.2. The zero-order valence-electron chi connectivity index (χ0n) is 9.33. The quantitative estimate of drug-likeness (QED) is 0.891. The number of anilines is 1. The number of rotatable bonds is 3. The van der Waals surface area contributed by atoms with E-state index in [-0.39, 0.29) is 11.6 Å². The zero-order valence-corrected chi connectivity index (χ0v) is 10.1. The molecule has 0 atom stereocenters. The van der Waals surface area contributed by atoms with E-state index >= 15 is 0 Å². The van der Waals surface area contributed by atoms with Crippen LogP contribution >= 0.6 is 11.3 Å². The van der Waals surface area contributed by atoms with Crippen molar-refractivity contribution in [3.05, 3.63) is 40.6 Å². The number of nitrogen functional groups attached to an aromatic ring is 1. The highest BCUT2D eigenvalue weighted by atomic mass is 32.1. The lowest BCUT2D eigenvalue weighted by Crippen LogP contribution is -2.27. The molecule has 2 heterocycles. The monoisotopic (exact) mass is 248 g/mol. The number of carbonyl (C=O) groups excluding carboxylic acids is 1. The van der Waals surface area contributed by atoms with Gasteiger partial charge >= 0.3 is 0 Å². The molecular weight excluding hydrogens is 236 g/mol. The minimum Gasteiger partial charge on any atom is -0.397 e. The van der Waals surface area contributed by atoms with Crippen LogP contribution in [0.15, 0.2) is 29.2 Å². The molecule has 2 aromatic heterocycles. The molecule has 0 spiro atoms. The number of nitrogens with two attached hydrogens (primary N) is 1. The van der Waals surface area contributed by atoms with E-state index in [9.17, 15) is 4.79 Å². The molecule has 5 nitrogen and oxygen atoms in total. The molecule has 1 amide bonds. The molecule has 0 fully saturated rings. The second-order valence-corrected chi connectivity index (χ2v) is 4.30. The predicted molar refractivity (Wildman–Crippen MR) is 66.6 cm³/mol. The molecule has 88 valence electrons. The lowest BCUT2D eigenvalue weighted by Gasteiger charge is -2.16. The Labute approximate surface area is 103 Å². The number of nitrogens with zero attached hydrogens (tertiary/aromatic N) is 3. The van der Waals surface area contributed by atoms with Crippen LogP contribution in [0.2, 0.25) is 0 Å². The van der Waals surface area contributed by atoms with Gasteiger partial charge < -0.3 is 10.6 Å². The maximum atomic E-state index is 12.1. The van der Waals surface area contributed by atoms with Gasteiger partial charge in [0.25, 0.3) is 5.91 Å². The third-order valence-electron chi connectivity index (χ3n) is 2.27. The largest absolute Gasteiger partial charge is 0.397 e. The molecule has 17 heavy (non-hydrogen) atoms. The van der Waals surface area contributed by atoms with Crippen molar-refractivity contribution >= 4 is 22.9 Å². The van der Waals surface area contributed by atoms with E-state index in [1.54, 1.807) is 35.8 Å². The fourth-order valence-corrected chi connectivity index (χ4v) is 1.96. The summed E-state index contributed by atoms with van der Waals surface area (Å²) >= 11 is 1.50. The van der Waals surface area contributed by atoms with Crippen molar-refractivity contribution in [2.24, 2.45) is 0 Å². The van der Waals surface area contributed by atoms with E-state index < -0.39 is 0 Å². The van der Waals surface area contributed by atoms with Crippen molar-refractivity contribution in [2.45, 2.75) is 6.54 Å².